The van der Waals surface area contributed by atoms with E-state index in [2.05, 4.69) is 12.2 Å². The van der Waals surface area contributed by atoms with Gasteiger partial charge in [-0.25, -0.2) is 0 Å². The van der Waals surface area contributed by atoms with Gasteiger partial charge in [-0.3, -0.25) is 4.79 Å². The fourth-order valence-corrected chi connectivity index (χ4v) is 3.07. The average molecular weight is 252 g/mol. The van der Waals surface area contributed by atoms with Crippen LogP contribution in [0.1, 0.15) is 58.8 Å². The maximum atomic E-state index is 12.0. The van der Waals surface area contributed by atoms with Gasteiger partial charge in [-0.15, -0.1) is 0 Å². The van der Waals surface area contributed by atoms with Crippen molar-refractivity contribution in [2.75, 3.05) is 6.54 Å². The number of rotatable bonds is 5. The molecule has 3 nitrogen and oxygen atoms in total. The smallest absolute Gasteiger partial charge is 0.240 e. The summed E-state index contributed by atoms with van der Waals surface area (Å²) in [4.78, 5) is 12.0. The summed E-state index contributed by atoms with van der Waals surface area (Å²) in [6.07, 6.45) is 8.73. The van der Waals surface area contributed by atoms with Gasteiger partial charge in [0.2, 0.25) is 5.91 Å². The summed E-state index contributed by atoms with van der Waals surface area (Å²) in [5.74, 6) is 2.17. The van der Waals surface area contributed by atoms with Gasteiger partial charge in [0.15, 0.2) is 0 Å². The highest BCUT2D eigenvalue weighted by molar-refractivity contribution is 5.86. The van der Waals surface area contributed by atoms with Crippen LogP contribution in [0.5, 0.6) is 0 Å². The molecule has 2 saturated carbocycles. The van der Waals surface area contributed by atoms with E-state index >= 15 is 0 Å². The number of hydrogen-bond acceptors (Lipinski definition) is 2. The summed E-state index contributed by atoms with van der Waals surface area (Å²) in [7, 11) is 0. The van der Waals surface area contributed by atoms with Crippen LogP contribution in [0.2, 0.25) is 0 Å². The van der Waals surface area contributed by atoms with E-state index in [9.17, 15) is 4.79 Å². The second kappa shape index (κ2) is 5.60. The molecule has 1 atom stereocenters. The topological polar surface area (TPSA) is 55.1 Å². The lowest BCUT2D eigenvalue weighted by molar-refractivity contribution is -0.126. The Bertz CT molecular complexity index is 289. The lowest BCUT2D eigenvalue weighted by atomic mass is 9.81. The van der Waals surface area contributed by atoms with Crippen molar-refractivity contribution >= 4 is 5.91 Å². The maximum absolute atomic E-state index is 12.0. The summed E-state index contributed by atoms with van der Waals surface area (Å²) in [6.45, 7) is 5.02. The summed E-state index contributed by atoms with van der Waals surface area (Å²) >= 11 is 0. The van der Waals surface area contributed by atoms with Gasteiger partial charge < -0.3 is 11.1 Å². The number of amides is 1. The quantitative estimate of drug-likeness (QED) is 0.789. The van der Waals surface area contributed by atoms with E-state index in [4.69, 9.17) is 5.73 Å². The first-order valence-electron chi connectivity index (χ1n) is 7.57. The van der Waals surface area contributed by atoms with Crippen molar-refractivity contribution in [3.8, 4) is 0 Å². The largest absolute Gasteiger partial charge is 0.354 e. The molecule has 0 radical (unpaired) electrons. The van der Waals surface area contributed by atoms with Crippen molar-refractivity contribution in [3.63, 3.8) is 0 Å². The highest BCUT2D eigenvalue weighted by Gasteiger charge is 2.43. The SMILES string of the molecule is CC1CCC(CCNC(=O)C(C)(N)C2CC2)CC1. The second-order valence-electron chi connectivity index (χ2n) is 6.73. The van der Waals surface area contributed by atoms with E-state index in [0.29, 0.717) is 5.92 Å². The number of nitrogens with two attached hydrogens (primary N) is 1. The molecule has 0 bridgehead atoms. The van der Waals surface area contributed by atoms with Gasteiger partial charge >= 0.3 is 0 Å². The molecule has 0 aromatic heterocycles. The normalized spacial score (nSPS) is 31.7. The molecule has 2 fully saturated rings. The van der Waals surface area contributed by atoms with E-state index in [1.54, 1.807) is 0 Å². The van der Waals surface area contributed by atoms with Gasteiger partial charge in [-0.1, -0.05) is 32.6 Å². The lowest BCUT2D eigenvalue weighted by Crippen LogP contribution is -2.53. The molecule has 0 aromatic rings. The standard InChI is InChI=1S/C15H28N2O/c1-11-3-5-12(6-4-11)9-10-17-14(18)15(2,16)13-7-8-13/h11-13H,3-10,16H2,1-2H3,(H,17,18). The number of carbonyl (C=O) groups excluding carboxylic acids is 1. The highest BCUT2D eigenvalue weighted by atomic mass is 16.2. The summed E-state index contributed by atoms with van der Waals surface area (Å²) in [5, 5.41) is 3.04. The highest BCUT2D eigenvalue weighted by Crippen LogP contribution is 2.38. The predicted molar refractivity (Wildman–Crippen MR) is 74.1 cm³/mol. The fraction of sp³-hybridized carbons (Fsp3) is 0.933. The van der Waals surface area contributed by atoms with Crippen LogP contribution in [-0.2, 0) is 4.79 Å². The third kappa shape index (κ3) is 3.47. The number of carbonyl (C=O) groups is 1. The minimum absolute atomic E-state index is 0.0502. The first kappa shape index (κ1) is 13.9. The molecule has 2 rings (SSSR count). The second-order valence-corrected chi connectivity index (χ2v) is 6.73. The molecule has 18 heavy (non-hydrogen) atoms. The Kier molecular flexibility index (Phi) is 4.31. The number of nitrogens with one attached hydrogen (secondary N) is 1. The minimum atomic E-state index is -0.638. The molecule has 0 aromatic carbocycles. The van der Waals surface area contributed by atoms with E-state index in [0.717, 1.165) is 37.6 Å². The zero-order valence-electron chi connectivity index (χ0n) is 11.9. The Morgan fingerprint density at radius 2 is 1.83 bits per heavy atom. The molecule has 104 valence electrons. The molecule has 3 N–H and O–H groups in total. The van der Waals surface area contributed by atoms with Gasteiger partial charge in [-0.05, 0) is 43.9 Å². The molecule has 0 spiro atoms. The fourth-order valence-electron chi connectivity index (χ4n) is 3.07. The molecule has 2 aliphatic rings. The summed E-state index contributed by atoms with van der Waals surface area (Å²) in [5.41, 5.74) is 5.45. The van der Waals surface area contributed by atoms with Gasteiger partial charge in [-0.2, -0.15) is 0 Å². The average Bonchev–Trinajstić information content (AvgIpc) is 3.15. The lowest BCUT2D eigenvalue weighted by Gasteiger charge is -2.27. The van der Waals surface area contributed by atoms with E-state index in [1.807, 2.05) is 6.92 Å². The van der Waals surface area contributed by atoms with Crippen molar-refractivity contribution in [1.82, 2.24) is 5.32 Å². The predicted octanol–water partition coefficient (Wildman–Crippen LogP) is 2.45. The van der Waals surface area contributed by atoms with Gasteiger partial charge in [0.1, 0.15) is 0 Å². The zero-order valence-corrected chi connectivity index (χ0v) is 11.9. The van der Waals surface area contributed by atoms with Crippen molar-refractivity contribution in [3.05, 3.63) is 0 Å². The van der Waals surface area contributed by atoms with Crippen molar-refractivity contribution in [2.45, 2.75) is 64.3 Å². The molecule has 3 heteroatoms. The van der Waals surface area contributed by atoms with Crippen LogP contribution in [0.3, 0.4) is 0 Å². The molecule has 0 heterocycles. The Morgan fingerprint density at radius 1 is 1.22 bits per heavy atom. The van der Waals surface area contributed by atoms with Crippen LogP contribution in [0.25, 0.3) is 0 Å². The molecule has 1 unspecified atom stereocenters. The van der Waals surface area contributed by atoms with E-state index < -0.39 is 5.54 Å². The Balaban J connectivity index is 1.64. The van der Waals surface area contributed by atoms with E-state index in [-0.39, 0.29) is 5.91 Å². The number of hydrogen-bond donors (Lipinski definition) is 2. The first-order chi connectivity index (χ1) is 8.50. The Hall–Kier alpha value is -0.570. The monoisotopic (exact) mass is 252 g/mol. The Morgan fingerprint density at radius 3 is 2.39 bits per heavy atom. The maximum Gasteiger partial charge on any atom is 0.240 e. The van der Waals surface area contributed by atoms with Gasteiger partial charge in [0.25, 0.3) is 0 Å². The van der Waals surface area contributed by atoms with Crippen LogP contribution in [-0.4, -0.2) is 18.0 Å². The van der Waals surface area contributed by atoms with Gasteiger partial charge in [0, 0.05) is 6.54 Å². The van der Waals surface area contributed by atoms with Crippen LogP contribution >= 0.6 is 0 Å². The molecular formula is C15H28N2O. The molecule has 0 saturated heterocycles. The van der Waals surface area contributed by atoms with Crippen LogP contribution in [0, 0.1) is 17.8 Å². The van der Waals surface area contributed by atoms with Crippen LogP contribution in [0.4, 0.5) is 0 Å². The van der Waals surface area contributed by atoms with Crippen molar-refractivity contribution in [2.24, 2.45) is 23.5 Å². The van der Waals surface area contributed by atoms with Crippen LogP contribution < -0.4 is 11.1 Å². The first-order valence-corrected chi connectivity index (χ1v) is 7.57. The molecule has 2 aliphatic carbocycles. The zero-order chi connectivity index (χ0) is 13.2. The Labute approximate surface area is 111 Å². The minimum Gasteiger partial charge on any atom is -0.354 e. The van der Waals surface area contributed by atoms with Crippen LogP contribution in [0.15, 0.2) is 0 Å². The third-order valence-corrected chi connectivity index (χ3v) is 4.89. The van der Waals surface area contributed by atoms with Gasteiger partial charge in [0.05, 0.1) is 5.54 Å². The molecule has 0 aliphatic heterocycles. The molecule has 1 amide bonds. The summed E-state index contributed by atoms with van der Waals surface area (Å²) < 4.78 is 0. The van der Waals surface area contributed by atoms with Crippen molar-refractivity contribution < 1.29 is 4.79 Å². The summed E-state index contributed by atoms with van der Waals surface area (Å²) in [6, 6.07) is 0. The molecular weight excluding hydrogens is 224 g/mol. The van der Waals surface area contributed by atoms with E-state index in [1.165, 1.54) is 25.7 Å². The third-order valence-electron chi connectivity index (χ3n) is 4.89. The van der Waals surface area contributed by atoms with Crippen molar-refractivity contribution in [1.29, 1.82) is 0 Å².